The largest absolute Gasteiger partial charge is 0.493 e. The van der Waals surface area contributed by atoms with Gasteiger partial charge in [0.1, 0.15) is 6.61 Å². The summed E-state index contributed by atoms with van der Waals surface area (Å²) in [5.41, 5.74) is -1.41. The van der Waals surface area contributed by atoms with Gasteiger partial charge >= 0.3 is 12.2 Å². The van der Waals surface area contributed by atoms with E-state index in [-0.39, 0.29) is 23.9 Å². The fraction of sp³-hybridized carbons (Fsp3) is 0.235. The number of urea groups is 1. The van der Waals surface area contributed by atoms with Crippen LogP contribution in [0, 0.1) is 0 Å². The van der Waals surface area contributed by atoms with E-state index in [1.54, 1.807) is 24.3 Å². The summed E-state index contributed by atoms with van der Waals surface area (Å²) in [6.45, 7) is 0.194. The minimum absolute atomic E-state index is 0.0755. The highest BCUT2D eigenvalue weighted by molar-refractivity contribution is 6.30. The van der Waals surface area contributed by atoms with Crippen molar-refractivity contribution in [2.75, 3.05) is 25.6 Å². The predicted molar refractivity (Wildman–Crippen MR) is 92.0 cm³/mol. The Hall–Kier alpha value is -2.61. The third kappa shape index (κ3) is 5.45. The van der Waals surface area contributed by atoms with Crippen LogP contribution in [0.25, 0.3) is 0 Å². The Morgan fingerprint density at radius 3 is 2.50 bits per heavy atom. The molecule has 0 fully saturated rings. The molecule has 0 aliphatic carbocycles. The SMILES string of the molecule is COc1ccccc1OCCNC(=O)Nc1ccc(Cl)cc1C(F)(F)F. The third-order valence-electron chi connectivity index (χ3n) is 3.25. The Bertz CT molecular complexity index is 769. The van der Waals surface area contributed by atoms with Crippen molar-refractivity contribution in [2.24, 2.45) is 0 Å². The molecule has 0 radical (unpaired) electrons. The summed E-state index contributed by atoms with van der Waals surface area (Å²) in [7, 11) is 1.50. The van der Waals surface area contributed by atoms with Gasteiger partial charge in [0, 0.05) is 5.02 Å². The standard InChI is InChI=1S/C17H16ClF3N2O3/c1-25-14-4-2-3-5-15(14)26-9-8-22-16(24)23-13-7-6-11(18)10-12(13)17(19,20)21/h2-7,10H,8-9H2,1H3,(H2,22,23,24). The first kappa shape index (κ1) is 19.7. The molecule has 0 aliphatic rings. The molecule has 0 atom stereocenters. The fourth-order valence-electron chi connectivity index (χ4n) is 2.09. The molecule has 140 valence electrons. The molecule has 2 aromatic rings. The number of nitrogens with one attached hydrogen (secondary N) is 2. The Labute approximate surface area is 153 Å². The molecule has 0 heterocycles. The van der Waals surface area contributed by atoms with Crippen molar-refractivity contribution in [1.29, 1.82) is 0 Å². The second-order valence-corrected chi connectivity index (χ2v) is 5.50. The van der Waals surface area contributed by atoms with Gasteiger partial charge in [0.2, 0.25) is 0 Å². The number of methoxy groups -OCH3 is 1. The van der Waals surface area contributed by atoms with Crippen molar-refractivity contribution >= 4 is 23.3 Å². The van der Waals surface area contributed by atoms with Crippen LogP contribution in [0.1, 0.15) is 5.56 Å². The maximum Gasteiger partial charge on any atom is 0.418 e. The molecule has 0 unspecified atom stereocenters. The van der Waals surface area contributed by atoms with Gasteiger partial charge in [-0.15, -0.1) is 0 Å². The number of carbonyl (C=O) groups is 1. The van der Waals surface area contributed by atoms with Crippen molar-refractivity contribution in [2.45, 2.75) is 6.18 Å². The van der Waals surface area contributed by atoms with Crippen LogP contribution in [-0.4, -0.2) is 26.3 Å². The summed E-state index contributed by atoms with van der Waals surface area (Å²) in [6, 6.07) is 9.27. The van der Waals surface area contributed by atoms with Crippen LogP contribution < -0.4 is 20.1 Å². The number of hydrogen-bond acceptors (Lipinski definition) is 3. The second kappa shape index (κ2) is 8.66. The molecule has 0 aliphatic heterocycles. The maximum atomic E-state index is 13.0. The van der Waals surface area contributed by atoms with E-state index in [9.17, 15) is 18.0 Å². The van der Waals surface area contributed by atoms with E-state index in [1.165, 1.54) is 13.2 Å². The summed E-state index contributed by atoms with van der Waals surface area (Å²) < 4.78 is 49.5. The van der Waals surface area contributed by atoms with Crippen molar-refractivity contribution in [3.8, 4) is 11.5 Å². The lowest BCUT2D eigenvalue weighted by Crippen LogP contribution is -2.32. The second-order valence-electron chi connectivity index (χ2n) is 5.07. The molecule has 0 aromatic heterocycles. The van der Waals surface area contributed by atoms with E-state index in [1.807, 2.05) is 0 Å². The zero-order chi connectivity index (χ0) is 19.2. The molecule has 0 saturated carbocycles. The number of benzene rings is 2. The molecule has 5 nitrogen and oxygen atoms in total. The first-order valence-corrected chi connectivity index (χ1v) is 7.86. The summed E-state index contributed by atoms with van der Waals surface area (Å²) in [5, 5.41) is 4.50. The summed E-state index contributed by atoms with van der Waals surface area (Å²) in [4.78, 5) is 11.8. The lowest BCUT2D eigenvalue weighted by atomic mass is 10.1. The molecule has 0 spiro atoms. The smallest absolute Gasteiger partial charge is 0.418 e. The highest BCUT2D eigenvalue weighted by Gasteiger charge is 2.34. The van der Waals surface area contributed by atoms with E-state index < -0.39 is 17.8 Å². The van der Waals surface area contributed by atoms with Gasteiger partial charge in [-0.3, -0.25) is 0 Å². The van der Waals surface area contributed by atoms with Gasteiger partial charge in [0.25, 0.3) is 0 Å². The lowest BCUT2D eigenvalue weighted by molar-refractivity contribution is -0.136. The number of hydrogen-bond donors (Lipinski definition) is 2. The number of ether oxygens (including phenoxy) is 2. The van der Waals surface area contributed by atoms with E-state index in [0.29, 0.717) is 11.5 Å². The number of anilines is 1. The molecule has 0 saturated heterocycles. The molecule has 26 heavy (non-hydrogen) atoms. The van der Waals surface area contributed by atoms with Gasteiger partial charge in [-0.05, 0) is 30.3 Å². The highest BCUT2D eigenvalue weighted by atomic mass is 35.5. The van der Waals surface area contributed by atoms with Crippen molar-refractivity contribution < 1.29 is 27.4 Å². The lowest BCUT2D eigenvalue weighted by Gasteiger charge is -2.15. The monoisotopic (exact) mass is 388 g/mol. The normalized spacial score (nSPS) is 11.0. The number of para-hydroxylation sites is 2. The van der Waals surface area contributed by atoms with Gasteiger partial charge in [0.15, 0.2) is 11.5 Å². The number of carbonyl (C=O) groups excluding carboxylic acids is 1. The minimum atomic E-state index is -4.64. The number of halogens is 4. The van der Waals surface area contributed by atoms with Crippen LogP contribution >= 0.6 is 11.6 Å². The van der Waals surface area contributed by atoms with E-state index in [0.717, 1.165) is 12.1 Å². The summed E-state index contributed by atoms with van der Waals surface area (Å²) in [6.07, 6.45) is -4.64. The van der Waals surface area contributed by atoms with Crippen LogP contribution in [0.5, 0.6) is 11.5 Å². The minimum Gasteiger partial charge on any atom is -0.493 e. The Morgan fingerprint density at radius 2 is 1.85 bits per heavy atom. The van der Waals surface area contributed by atoms with Crippen LogP contribution in [-0.2, 0) is 6.18 Å². The third-order valence-corrected chi connectivity index (χ3v) is 3.48. The van der Waals surface area contributed by atoms with Gasteiger partial charge < -0.3 is 20.1 Å². The zero-order valence-electron chi connectivity index (χ0n) is 13.7. The number of rotatable bonds is 6. The Morgan fingerprint density at radius 1 is 1.15 bits per heavy atom. The van der Waals surface area contributed by atoms with Crippen molar-refractivity contribution in [3.63, 3.8) is 0 Å². The van der Waals surface area contributed by atoms with Crippen LogP contribution in [0.4, 0.5) is 23.7 Å². The average Bonchev–Trinajstić information content (AvgIpc) is 2.59. The molecule has 2 aromatic carbocycles. The highest BCUT2D eigenvalue weighted by Crippen LogP contribution is 2.36. The fourth-order valence-corrected chi connectivity index (χ4v) is 2.26. The molecule has 9 heteroatoms. The zero-order valence-corrected chi connectivity index (χ0v) is 14.4. The van der Waals surface area contributed by atoms with Gasteiger partial charge in [-0.2, -0.15) is 13.2 Å². The van der Waals surface area contributed by atoms with E-state index >= 15 is 0 Å². The summed E-state index contributed by atoms with van der Waals surface area (Å²) >= 11 is 5.59. The number of alkyl halides is 3. The maximum absolute atomic E-state index is 13.0. The van der Waals surface area contributed by atoms with Gasteiger partial charge in [0.05, 0.1) is 24.9 Å². The number of amides is 2. The first-order valence-electron chi connectivity index (χ1n) is 7.48. The molecular formula is C17H16ClF3N2O3. The first-order chi connectivity index (χ1) is 12.3. The van der Waals surface area contributed by atoms with Crippen LogP contribution in [0.3, 0.4) is 0 Å². The van der Waals surface area contributed by atoms with Crippen molar-refractivity contribution in [3.05, 3.63) is 53.1 Å². The average molecular weight is 389 g/mol. The van der Waals surface area contributed by atoms with Gasteiger partial charge in [-0.25, -0.2) is 4.79 Å². The molecule has 2 rings (SSSR count). The van der Waals surface area contributed by atoms with Crippen LogP contribution in [0.15, 0.2) is 42.5 Å². The molecule has 2 amide bonds. The van der Waals surface area contributed by atoms with Crippen LogP contribution in [0.2, 0.25) is 5.02 Å². The molecule has 0 bridgehead atoms. The van der Waals surface area contributed by atoms with E-state index in [2.05, 4.69) is 10.6 Å². The summed E-state index contributed by atoms with van der Waals surface area (Å²) in [5.74, 6) is 1.03. The van der Waals surface area contributed by atoms with Gasteiger partial charge in [-0.1, -0.05) is 23.7 Å². The topological polar surface area (TPSA) is 59.6 Å². The molecule has 2 N–H and O–H groups in total. The Balaban J connectivity index is 1.88. The van der Waals surface area contributed by atoms with E-state index in [4.69, 9.17) is 21.1 Å². The quantitative estimate of drug-likeness (QED) is 0.713. The van der Waals surface area contributed by atoms with Crippen molar-refractivity contribution in [1.82, 2.24) is 5.32 Å². The predicted octanol–water partition coefficient (Wildman–Crippen LogP) is 4.57. The molecular weight excluding hydrogens is 373 g/mol. The Kier molecular flexibility index (Phi) is 6.57.